The van der Waals surface area contributed by atoms with Crippen molar-refractivity contribution < 1.29 is 0 Å². The van der Waals surface area contributed by atoms with Crippen LogP contribution in [0.5, 0.6) is 0 Å². The van der Waals surface area contributed by atoms with Crippen LogP contribution in [-0.2, 0) is 6.54 Å². The molecular formula is C18H18N4. The quantitative estimate of drug-likeness (QED) is 0.456. The van der Waals surface area contributed by atoms with Gasteiger partial charge in [-0.15, -0.1) is 0 Å². The summed E-state index contributed by atoms with van der Waals surface area (Å²) in [4.78, 5) is 0. The average Bonchev–Trinajstić information content (AvgIpc) is 2.92. The predicted molar refractivity (Wildman–Crippen MR) is 89.7 cm³/mol. The maximum atomic E-state index is 5.33. The normalized spacial score (nSPS) is 11.1. The van der Waals surface area contributed by atoms with Crippen LogP contribution in [0.15, 0.2) is 65.9 Å². The number of hydrogen-bond donors (Lipinski definition) is 1. The molecule has 2 N–H and O–H groups in total. The van der Waals surface area contributed by atoms with Gasteiger partial charge in [0.1, 0.15) is 5.69 Å². The van der Waals surface area contributed by atoms with E-state index in [4.69, 9.17) is 10.9 Å². The molecule has 4 heteroatoms. The molecule has 0 aliphatic heterocycles. The van der Waals surface area contributed by atoms with Gasteiger partial charge in [0.25, 0.3) is 0 Å². The van der Waals surface area contributed by atoms with Crippen LogP contribution in [0.2, 0.25) is 0 Å². The van der Waals surface area contributed by atoms with Gasteiger partial charge in [0.05, 0.1) is 12.8 Å². The highest BCUT2D eigenvalue weighted by atomic mass is 15.3. The summed E-state index contributed by atoms with van der Waals surface area (Å²) in [6.07, 6.45) is 3.61. The molecule has 2 aromatic carbocycles. The lowest BCUT2D eigenvalue weighted by atomic mass is 10.1. The molecule has 0 amide bonds. The Kier molecular flexibility index (Phi) is 4.01. The van der Waals surface area contributed by atoms with Gasteiger partial charge in [0, 0.05) is 17.3 Å². The average molecular weight is 290 g/mol. The Bertz CT molecular complexity index is 771. The van der Waals surface area contributed by atoms with Gasteiger partial charge in [-0.05, 0) is 12.5 Å². The second-order valence-corrected chi connectivity index (χ2v) is 5.26. The molecule has 0 atom stereocenters. The molecule has 22 heavy (non-hydrogen) atoms. The molecule has 3 aromatic rings. The van der Waals surface area contributed by atoms with Crippen molar-refractivity contribution in [1.29, 1.82) is 0 Å². The van der Waals surface area contributed by atoms with E-state index in [0.717, 1.165) is 23.4 Å². The number of nitrogens with two attached hydrogens (primary N) is 1. The topological polar surface area (TPSA) is 56.2 Å². The Morgan fingerprint density at radius 1 is 1.09 bits per heavy atom. The fourth-order valence-corrected chi connectivity index (χ4v) is 2.40. The van der Waals surface area contributed by atoms with E-state index in [0.29, 0.717) is 0 Å². The lowest BCUT2D eigenvalue weighted by Crippen LogP contribution is -2.00. The van der Waals surface area contributed by atoms with Crippen molar-refractivity contribution in [3.05, 3.63) is 77.5 Å². The minimum absolute atomic E-state index is 0.720. The van der Waals surface area contributed by atoms with Crippen LogP contribution in [0, 0.1) is 6.92 Å². The molecule has 0 aliphatic rings. The molecule has 1 heterocycles. The Hall–Kier alpha value is -2.88. The molecule has 0 saturated carbocycles. The van der Waals surface area contributed by atoms with Gasteiger partial charge in [0.2, 0.25) is 0 Å². The van der Waals surface area contributed by atoms with Crippen molar-refractivity contribution in [2.75, 3.05) is 0 Å². The summed E-state index contributed by atoms with van der Waals surface area (Å²) in [7, 11) is 0. The molecule has 110 valence electrons. The first-order valence-corrected chi connectivity index (χ1v) is 7.18. The standard InChI is InChI=1S/C18H18N4/c1-14-7-9-16(10-8-14)18-17(11-20-19)13-22(21-18)12-15-5-3-2-4-6-15/h2-11,13H,12,19H2,1H3/b20-11-. The second kappa shape index (κ2) is 6.26. The number of nitrogens with zero attached hydrogens (tertiary/aromatic N) is 3. The van der Waals surface area contributed by atoms with Gasteiger partial charge in [0.15, 0.2) is 0 Å². The van der Waals surface area contributed by atoms with Crippen LogP contribution in [0.4, 0.5) is 0 Å². The highest BCUT2D eigenvalue weighted by molar-refractivity contribution is 5.88. The molecule has 0 fully saturated rings. The summed E-state index contributed by atoms with van der Waals surface area (Å²) in [5, 5.41) is 8.35. The van der Waals surface area contributed by atoms with Crippen LogP contribution in [0.1, 0.15) is 16.7 Å². The summed E-state index contributed by atoms with van der Waals surface area (Å²) in [6, 6.07) is 18.5. The minimum atomic E-state index is 0.720. The number of hydrazone groups is 1. The first-order valence-electron chi connectivity index (χ1n) is 7.18. The molecular weight excluding hydrogens is 272 g/mol. The monoisotopic (exact) mass is 290 g/mol. The third-order valence-electron chi connectivity index (χ3n) is 3.52. The molecule has 0 spiro atoms. The van der Waals surface area contributed by atoms with Gasteiger partial charge in [-0.1, -0.05) is 60.2 Å². The van der Waals surface area contributed by atoms with Crippen LogP contribution in [0.25, 0.3) is 11.3 Å². The van der Waals surface area contributed by atoms with E-state index in [-0.39, 0.29) is 0 Å². The van der Waals surface area contributed by atoms with Crippen molar-refractivity contribution in [2.24, 2.45) is 10.9 Å². The smallest absolute Gasteiger partial charge is 0.101 e. The predicted octanol–water partition coefficient (Wildman–Crippen LogP) is 3.20. The van der Waals surface area contributed by atoms with Crippen molar-refractivity contribution in [2.45, 2.75) is 13.5 Å². The molecule has 0 aliphatic carbocycles. The maximum absolute atomic E-state index is 5.33. The van der Waals surface area contributed by atoms with Gasteiger partial charge < -0.3 is 5.84 Å². The zero-order chi connectivity index (χ0) is 15.4. The summed E-state index contributed by atoms with van der Waals surface area (Å²) in [5.74, 6) is 5.33. The third-order valence-corrected chi connectivity index (χ3v) is 3.52. The summed E-state index contributed by atoms with van der Waals surface area (Å²) in [6.45, 7) is 2.79. The van der Waals surface area contributed by atoms with Crippen molar-refractivity contribution in [1.82, 2.24) is 9.78 Å². The fourth-order valence-electron chi connectivity index (χ4n) is 2.40. The Morgan fingerprint density at radius 3 is 2.50 bits per heavy atom. The van der Waals surface area contributed by atoms with E-state index in [2.05, 4.69) is 48.4 Å². The number of benzene rings is 2. The number of aryl methyl sites for hydroxylation is 1. The van der Waals surface area contributed by atoms with Gasteiger partial charge in [-0.25, -0.2) is 0 Å². The maximum Gasteiger partial charge on any atom is 0.101 e. The molecule has 1 aromatic heterocycles. The molecule has 0 bridgehead atoms. The summed E-state index contributed by atoms with van der Waals surface area (Å²) in [5.41, 5.74) is 5.30. The van der Waals surface area contributed by atoms with E-state index < -0.39 is 0 Å². The fraction of sp³-hybridized carbons (Fsp3) is 0.111. The van der Waals surface area contributed by atoms with E-state index in [1.54, 1.807) is 6.21 Å². The van der Waals surface area contributed by atoms with E-state index in [1.165, 1.54) is 11.1 Å². The third kappa shape index (κ3) is 3.06. The summed E-state index contributed by atoms with van der Waals surface area (Å²) >= 11 is 0. The van der Waals surface area contributed by atoms with Crippen molar-refractivity contribution >= 4 is 6.21 Å². The van der Waals surface area contributed by atoms with Crippen LogP contribution in [-0.4, -0.2) is 16.0 Å². The molecule has 0 radical (unpaired) electrons. The van der Waals surface area contributed by atoms with Crippen molar-refractivity contribution in [3.8, 4) is 11.3 Å². The van der Waals surface area contributed by atoms with Crippen LogP contribution in [0.3, 0.4) is 0 Å². The minimum Gasteiger partial charge on any atom is -0.323 e. The second-order valence-electron chi connectivity index (χ2n) is 5.26. The number of hydrogen-bond acceptors (Lipinski definition) is 3. The Balaban J connectivity index is 1.97. The van der Waals surface area contributed by atoms with E-state index in [9.17, 15) is 0 Å². The van der Waals surface area contributed by atoms with Gasteiger partial charge in [-0.3, -0.25) is 4.68 Å². The lowest BCUT2D eigenvalue weighted by molar-refractivity contribution is 0.689. The zero-order valence-electron chi connectivity index (χ0n) is 12.5. The van der Waals surface area contributed by atoms with Crippen LogP contribution < -0.4 is 5.84 Å². The van der Waals surface area contributed by atoms with E-state index >= 15 is 0 Å². The van der Waals surface area contributed by atoms with Gasteiger partial charge >= 0.3 is 0 Å². The van der Waals surface area contributed by atoms with E-state index in [1.807, 2.05) is 29.1 Å². The lowest BCUT2D eigenvalue weighted by Gasteiger charge is -2.01. The molecule has 0 unspecified atom stereocenters. The van der Waals surface area contributed by atoms with Crippen LogP contribution >= 0.6 is 0 Å². The molecule has 0 saturated heterocycles. The summed E-state index contributed by atoms with van der Waals surface area (Å²) < 4.78 is 1.92. The largest absolute Gasteiger partial charge is 0.323 e. The molecule has 4 nitrogen and oxygen atoms in total. The highest BCUT2D eigenvalue weighted by Gasteiger charge is 2.10. The number of rotatable bonds is 4. The van der Waals surface area contributed by atoms with Crippen molar-refractivity contribution in [3.63, 3.8) is 0 Å². The SMILES string of the molecule is Cc1ccc(-c2nn(Cc3ccccc3)cc2/C=N\N)cc1. The van der Waals surface area contributed by atoms with Gasteiger partial charge in [-0.2, -0.15) is 10.2 Å². The Labute approximate surface area is 129 Å². The molecule has 3 rings (SSSR count). The number of aromatic nitrogens is 2. The first-order chi connectivity index (χ1) is 10.8. The zero-order valence-corrected chi connectivity index (χ0v) is 12.5. The highest BCUT2D eigenvalue weighted by Crippen LogP contribution is 2.22. The Morgan fingerprint density at radius 2 is 1.82 bits per heavy atom. The first kappa shape index (κ1) is 14.1.